The fraction of sp³-hybridized carbons (Fsp3) is 0.421. The number of halogens is 1. The standard InChI is InChI=1S/C19H23FN2O3S/c20-15-3-5-16(6-4-15)25-12-9-21-19(24)22-10-7-14(8-11-22)18(23)17-2-1-13-26-17/h1-6,13-14,18,23H,7-12H2,(H,21,24). The minimum atomic E-state index is -0.440. The van der Waals surface area contributed by atoms with Crippen LogP contribution in [-0.2, 0) is 0 Å². The van der Waals surface area contributed by atoms with E-state index in [9.17, 15) is 14.3 Å². The average Bonchev–Trinajstić information content (AvgIpc) is 3.21. The molecule has 1 aromatic heterocycles. The maximum Gasteiger partial charge on any atom is 0.317 e. The third-order valence-electron chi connectivity index (χ3n) is 4.57. The Morgan fingerprint density at radius 1 is 1.31 bits per heavy atom. The van der Waals surface area contributed by atoms with Gasteiger partial charge >= 0.3 is 6.03 Å². The summed E-state index contributed by atoms with van der Waals surface area (Å²) >= 11 is 1.57. The number of hydrogen-bond donors (Lipinski definition) is 2. The maximum absolute atomic E-state index is 12.8. The van der Waals surface area contributed by atoms with E-state index in [2.05, 4.69) is 5.32 Å². The summed E-state index contributed by atoms with van der Waals surface area (Å²) in [5.74, 6) is 0.460. The number of carbonyl (C=O) groups excluding carboxylic acids is 1. The predicted octanol–water partition coefficient (Wildman–Crippen LogP) is 3.42. The predicted molar refractivity (Wildman–Crippen MR) is 98.9 cm³/mol. The number of aliphatic hydroxyl groups excluding tert-OH is 1. The van der Waals surface area contributed by atoms with Gasteiger partial charge in [0.05, 0.1) is 12.6 Å². The van der Waals surface area contributed by atoms with Crippen LogP contribution in [0, 0.1) is 11.7 Å². The number of piperidine rings is 1. The number of nitrogens with one attached hydrogen (secondary N) is 1. The summed E-state index contributed by atoms with van der Waals surface area (Å²) in [4.78, 5) is 15.0. The largest absolute Gasteiger partial charge is 0.492 e. The molecule has 2 heterocycles. The van der Waals surface area contributed by atoms with Gasteiger partial charge in [0.2, 0.25) is 0 Å². The lowest BCUT2D eigenvalue weighted by Crippen LogP contribution is -2.46. The zero-order valence-electron chi connectivity index (χ0n) is 14.4. The monoisotopic (exact) mass is 378 g/mol. The van der Waals surface area contributed by atoms with Gasteiger partial charge in [0, 0.05) is 18.0 Å². The quantitative estimate of drug-likeness (QED) is 0.757. The average molecular weight is 378 g/mol. The molecule has 1 saturated heterocycles. The topological polar surface area (TPSA) is 61.8 Å². The molecule has 140 valence electrons. The number of urea groups is 1. The molecular formula is C19H23FN2O3S. The van der Waals surface area contributed by atoms with Crippen molar-refractivity contribution in [1.29, 1.82) is 0 Å². The van der Waals surface area contributed by atoms with E-state index in [1.807, 2.05) is 17.5 Å². The number of carbonyl (C=O) groups is 1. The molecule has 0 bridgehead atoms. The van der Waals surface area contributed by atoms with E-state index >= 15 is 0 Å². The summed E-state index contributed by atoms with van der Waals surface area (Å²) < 4.78 is 18.3. The molecule has 2 N–H and O–H groups in total. The normalized spacial score (nSPS) is 16.3. The molecule has 0 radical (unpaired) electrons. The van der Waals surface area contributed by atoms with E-state index in [4.69, 9.17) is 4.74 Å². The number of nitrogens with zero attached hydrogens (tertiary/aromatic N) is 1. The molecule has 1 aromatic carbocycles. The summed E-state index contributed by atoms with van der Waals surface area (Å²) in [7, 11) is 0. The van der Waals surface area contributed by atoms with Crippen molar-refractivity contribution >= 4 is 17.4 Å². The Labute approximate surface area is 156 Å². The van der Waals surface area contributed by atoms with Gasteiger partial charge in [-0.05, 0) is 54.5 Å². The lowest BCUT2D eigenvalue weighted by molar-refractivity contribution is 0.0689. The van der Waals surface area contributed by atoms with E-state index < -0.39 is 6.10 Å². The Morgan fingerprint density at radius 3 is 2.69 bits per heavy atom. The number of likely N-dealkylation sites (tertiary alicyclic amines) is 1. The molecule has 1 atom stereocenters. The van der Waals surface area contributed by atoms with Crippen LogP contribution in [0.3, 0.4) is 0 Å². The molecule has 1 unspecified atom stereocenters. The van der Waals surface area contributed by atoms with Gasteiger partial charge in [0.15, 0.2) is 0 Å². The first-order valence-corrected chi connectivity index (χ1v) is 9.64. The van der Waals surface area contributed by atoms with Crippen LogP contribution in [-0.4, -0.2) is 42.3 Å². The van der Waals surface area contributed by atoms with Gasteiger partial charge in [-0.2, -0.15) is 0 Å². The van der Waals surface area contributed by atoms with E-state index in [-0.39, 0.29) is 17.8 Å². The first-order chi connectivity index (χ1) is 12.6. The second-order valence-corrected chi connectivity index (χ2v) is 7.30. The highest BCUT2D eigenvalue weighted by molar-refractivity contribution is 7.10. The second kappa shape index (κ2) is 9.00. The van der Waals surface area contributed by atoms with Crippen LogP contribution < -0.4 is 10.1 Å². The van der Waals surface area contributed by atoms with Crippen LogP contribution in [0.4, 0.5) is 9.18 Å². The Morgan fingerprint density at radius 2 is 2.04 bits per heavy atom. The molecular weight excluding hydrogens is 355 g/mol. The van der Waals surface area contributed by atoms with Gasteiger partial charge < -0.3 is 20.1 Å². The molecule has 1 fully saturated rings. The van der Waals surface area contributed by atoms with Crippen molar-refractivity contribution in [2.75, 3.05) is 26.2 Å². The number of aliphatic hydroxyl groups is 1. The number of benzene rings is 1. The van der Waals surface area contributed by atoms with Gasteiger partial charge in [0.1, 0.15) is 18.2 Å². The summed E-state index contributed by atoms with van der Waals surface area (Å²) in [6.07, 6.45) is 1.14. The molecule has 2 amide bonds. The molecule has 0 aliphatic carbocycles. The van der Waals surface area contributed by atoms with E-state index in [0.717, 1.165) is 17.7 Å². The molecule has 3 rings (SSSR count). The molecule has 1 aliphatic heterocycles. The number of thiophene rings is 1. The molecule has 1 aliphatic rings. The second-order valence-electron chi connectivity index (χ2n) is 6.32. The van der Waals surface area contributed by atoms with Crippen LogP contribution >= 0.6 is 11.3 Å². The van der Waals surface area contributed by atoms with Gasteiger partial charge in [0.25, 0.3) is 0 Å². The summed E-state index contributed by atoms with van der Waals surface area (Å²) in [6, 6.07) is 9.57. The van der Waals surface area contributed by atoms with E-state index in [0.29, 0.717) is 32.0 Å². The smallest absolute Gasteiger partial charge is 0.317 e. The van der Waals surface area contributed by atoms with E-state index in [1.165, 1.54) is 12.1 Å². The maximum atomic E-state index is 12.8. The number of amides is 2. The Balaban J connectivity index is 1.35. The van der Waals surface area contributed by atoms with Crippen molar-refractivity contribution in [3.8, 4) is 5.75 Å². The highest BCUT2D eigenvalue weighted by atomic mass is 32.1. The number of rotatable bonds is 6. The first kappa shape index (κ1) is 18.7. The molecule has 0 spiro atoms. The Kier molecular flexibility index (Phi) is 6.46. The molecule has 2 aromatic rings. The van der Waals surface area contributed by atoms with Crippen molar-refractivity contribution in [2.24, 2.45) is 5.92 Å². The number of ether oxygens (including phenoxy) is 1. The van der Waals surface area contributed by atoms with Crippen LogP contribution in [0.5, 0.6) is 5.75 Å². The third kappa shape index (κ3) is 4.95. The SMILES string of the molecule is O=C(NCCOc1ccc(F)cc1)N1CCC(C(O)c2cccs2)CC1. The highest BCUT2D eigenvalue weighted by Gasteiger charge is 2.28. The molecule has 7 heteroatoms. The van der Waals surface area contributed by atoms with Crippen molar-refractivity contribution in [2.45, 2.75) is 18.9 Å². The van der Waals surface area contributed by atoms with Crippen molar-refractivity contribution in [3.63, 3.8) is 0 Å². The Hall–Kier alpha value is -2.12. The lowest BCUT2D eigenvalue weighted by Gasteiger charge is -2.34. The fourth-order valence-electron chi connectivity index (χ4n) is 3.08. The minimum Gasteiger partial charge on any atom is -0.492 e. The summed E-state index contributed by atoms with van der Waals surface area (Å²) in [5, 5.41) is 15.2. The minimum absolute atomic E-state index is 0.114. The van der Waals surface area contributed by atoms with Crippen molar-refractivity contribution in [1.82, 2.24) is 10.2 Å². The number of hydrogen-bond acceptors (Lipinski definition) is 4. The third-order valence-corrected chi connectivity index (χ3v) is 5.51. The van der Waals surface area contributed by atoms with Crippen LogP contribution in [0.2, 0.25) is 0 Å². The van der Waals surface area contributed by atoms with Crippen molar-refractivity contribution in [3.05, 3.63) is 52.5 Å². The van der Waals surface area contributed by atoms with Gasteiger partial charge in [-0.15, -0.1) is 11.3 Å². The zero-order valence-corrected chi connectivity index (χ0v) is 15.3. The lowest BCUT2D eigenvalue weighted by atomic mass is 9.90. The fourth-order valence-corrected chi connectivity index (χ4v) is 3.88. The first-order valence-electron chi connectivity index (χ1n) is 8.76. The Bertz CT molecular complexity index is 685. The van der Waals surface area contributed by atoms with Crippen LogP contribution in [0.1, 0.15) is 23.8 Å². The van der Waals surface area contributed by atoms with Gasteiger partial charge in [-0.25, -0.2) is 9.18 Å². The van der Waals surface area contributed by atoms with E-state index in [1.54, 1.807) is 28.4 Å². The molecule has 26 heavy (non-hydrogen) atoms. The molecule has 5 nitrogen and oxygen atoms in total. The van der Waals surface area contributed by atoms with Gasteiger partial charge in [-0.1, -0.05) is 6.07 Å². The summed E-state index contributed by atoms with van der Waals surface area (Å²) in [5.41, 5.74) is 0. The van der Waals surface area contributed by atoms with Gasteiger partial charge in [-0.3, -0.25) is 0 Å². The highest BCUT2D eigenvalue weighted by Crippen LogP contribution is 2.32. The molecule has 0 saturated carbocycles. The zero-order chi connectivity index (χ0) is 18.4. The van der Waals surface area contributed by atoms with Crippen LogP contribution in [0.25, 0.3) is 0 Å². The van der Waals surface area contributed by atoms with Crippen molar-refractivity contribution < 1.29 is 19.0 Å². The summed E-state index contributed by atoms with van der Waals surface area (Å²) in [6.45, 7) is 1.98. The van der Waals surface area contributed by atoms with Crippen LogP contribution in [0.15, 0.2) is 41.8 Å².